The van der Waals surface area contributed by atoms with E-state index in [1.807, 2.05) is 24.3 Å². The van der Waals surface area contributed by atoms with Crippen molar-refractivity contribution < 1.29 is 4.79 Å². The van der Waals surface area contributed by atoms with E-state index < -0.39 is 0 Å². The van der Waals surface area contributed by atoms with Crippen molar-refractivity contribution in [2.75, 3.05) is 0 Å². The highest BCUT2D eigenvalue weighted by Gasteiger charge is 2.05. The van der Waals surface area contributed by atoms with E-state index >= 15 is 0 Å². The monoisotopic (exact) mass is 224 g/mol. The number of Topliss-reactive ketones (excluding diaryl/α,β-unsaturated/α-hetero) is 1. The Labute approximate surface area is 102 Å². The number of rotatable bonds is 2. The molecule has 2 aromatic carbocycles. The zero-order chi connectivity index (χ0) is 12.4. The fraction of sp³-hybridized carbons (Fsp3) is 0.188. The lowest BCUT2D eigenvalue weighted by atomic mass is 9.95. The molecule has 0 atom stereocenters. The molecule has 0 aliphatic rings. The Morgan fingerprint density at radius 3 is 1.88 bits per heavy atom. The van der Waals surface area contributed by atoms with Gasteiger partial charge in [-0.15, -0.1) is 0 Å². The van der Waals surface area contributed by atoms with Crippen molar-refractivity contribution in [2.24, 2.45) is 0 Å². The van der Waals surface area contributed by atoms with E-state index in [0.717, 1.165) is 5.56 Å². The summed E-state index contributed by atoms with van der Waals surface area (Å²) in [6, 6.07) is 14.1. The normalized spacial score (nSPS) is 10.3. The molecule has 17 heavy (non-hydrogen) atoms. The Hall–Kier alpha value is -1.89. The number of hydrogen-bond acceptors (Lipinski definition) is 1. The Bertz CT molecular complexity index is 530. The average Bonchev–Trinajstić information content (AvgIpc) is 2.29. The van der Waals surface area contributed by atoms with Crippen LogP contribution in [-0.2, 0) is 0 Å². The van der Waals surface area contributed by atoms with Crippen LogP contribution >= 0.6 is 0 Å². The maximum atomic E-state index is 11.2. The van der Waals surface area contributed by atoms with E-state index in [1.54, 1.807) is 6.92 Å². The highest BCUT2D eigenvalue weighted by Crippen LogP contribution is 2.27. The van der Waals surface area contributed by atoms with Crippen molar-refractivity contribution in [2.45, 2.75) is 20.8 Å². The molecular formula is C16H16O. The van der Waals surface area contributed by atoms with Crippen LogP contribution < -0.4 is 0 Å². The first kappa shape index (κ1) is 11.6. The van der Waals surface area contributed by atoms with E-state index in [2.05, 4.69) is 32.0 Å². The molecule has 0 bridgehead atoms. The smallest absolute Gasteiger partial charge is 0.159 e. The molecule has 2 aromatic rings. The van der Waals surface area contributed by atoms with Crippen molar-refractivity contribution in [3.63, 3.8) is 0 Å². The lowest BCUT2D eigenvalue weighted by Gasteiger charge is -2.10. The first-order valence-corrected chi connectivity index (χ1v) is 5.77. The molecule has 86 valence electrons. The van der Waals surface area contributed by atoms with Crippen LogP contribution in [0.1, 0.15) is 28.4 Å². The summed E-state index contributed by atoms with van der Waals surface area (Å²) >= 11 is 0. The second kappa shape index (κ2) is 4.54. The van der Waals surface area contributed by atoms with Crippen molar-refractivity contribution in [3.05, 3.63) is 59.2 Å². The lowest BCUT2D eigenvalue weighted by Crippen LogP contribution is -1.92. The molecule has 0 N–H and O–H groups in total. The van der Waals surface area contributed by atoms with E-state index in [4.69, 9.17) is 0 Å². The molecule has 0 saturated heterocycles. The Balaban J connectivity index is 2.50. The van der Waals surface area contributed by atoms with Gasteiger partial charge in [-0.25, -0.2) is 0 Å². The minimum absolute atomic E-state index is 0.109. The Morgan fingerprint density at radius 1 is 0.882 bits per heavy atom. The van der Waals surface area contributed by atoms with Gasteiger partial charge in [-0.1, -0.05) is 42.5 Å². The van der Waals surface area contributed by atoms with Gasteiger partial charge in [-0.3, -0.25) is 4.79 Å². The minimum atomic E-state index is 0.109. The van der Waals surface area contributed by atoms with Crippen LogP contribution in [0.25, 0.3) is 11.1 Å². The molecule has 0 aromatic heterocycles. The van der Waals surface area contributed by atoms with Crippen molar-refractivity contribution in [3.8, 4) is 11.1 Å². The number of benzene rings is 2. The number of carbonyl (C=O) groups is 1. The summed E-state index contributed by atoms with van der Waals surface area (Å²) in [5, 5.41) is 0. The highest BCUT2D eigenvalue weighted by atomic mass is 16.1. The number of aryl methyl sites for hydroxylation is 2. The number of hydrogen-bond donors (Lipinski definition) is 0. The molecule has 0 aliphatic carbocycles. The molecule has 1 heteroatoms. The fourth-order valence-electron chi connectivity index (χ4n) is 2.14. The molecule has 0 radical (unpaired) electrons. The van der Waals surface area contributed by atoms with Gasteiger partial charge >= 0.3 is 0 Å². The molecule has 0 spiro atoms. The molecule has 0 heterocycles. The molecule has 0 aliphatic heterocycles. The summed E-state index contributed by atoms with van der Waals surface area (Å²) in [7, 11) is 0. The van der Waals surface area contributed by atoms with Gasteiger partial charge in [0.1, 0.15) is 0 Å². The van der Waals surface area contributed by atoms with Crippen LogP contribution in [0.15, 0.2) is 42.5 Å². The molecule has 0 fully saturated rings. The molecule has 0 unspecified atom stereocenters. The summed E-state index contributed by atoms with van der Waals surface area (Å²) in [4.78, 5) is 11.2. The van der Waals surface area contributed by atoms with Crippen LogP contribution in [0.4, 0.5) is 0 Å². The van der Waals surface area contributed by atoms with Crippen molar-refractivity contribution in [1.29, 1.82) is 0 Å². The van der Waals surface area contributed by atoms with E-state index in [0.29, 0.717) is 0 Å². The van der Waals surface area contributed by atoms with Crippen LogP contribution in [0, 0.1) is 13.8 Å². The largest absolute Gasteiger partial charge is 0.295 e. The lowest BCUT2D eigenvalue weighted by molar-refractivity contribution is 0.101. The number of carbonyl (C=O) groups excluding carboxylic acids is 1. The standard InChI is InChI=1S/C16H16O/c1-11-5-4-6-12(2)16(11)15-9-7-14(8-10-15)13(3)17/h4-10H,1-3H3. The zero-order valence-electron chi connectivity index (χ0n) is 10.4. The molecule has 0 saturated carbocycles. The predicted octanol–water partition coefficient (Wildman–Crippen LogP) is 4.17. The van der Waals surface area contributed by atoms with Crippen LogP contribution in [0.5, 0.6) is 0 Å². The number of ketones is 1. The Morgan fingerprint density at radius 2 is 1.41 bits per heavy atom. The summed E-state index contributed by atoms with van der Waals surface area (Å²) in [5.74, 6) is 0.109. The van der Waals surface area contributed by atoms with Crippen molar-refractivity contribution in [1.82, 2.24) is 0 Å². The summed E-state index contributed by atoms with van der Waals surface area (Å²) < 4.78 is 0. The summed E-state index contributed by atoms with van der Waals surface area (Å²) in [6.07, 6.45) is 0. The maximum Gasteiger partial charge on any atom is 0.159 e. The van der Waals surface area contributed by atoms with Gasteiger partial charge < -0.3 is 0 Å². The highest BCUT2D eigenvalue weighted by molar-refractivity contribution is 5.94. The fourth-order valence-corrected chi connectivity index (χ4v) is 2.14. The van der Waals surface area contributed by atoms with E-state index in [1.165, 1.54) is 22.3 Å². The van der Waals surface area contributed by atoms with Gasteiger partial charge in [0.25, 0.3) is 0 Å². The van der Waals surface area contributed by atoms with Crippen LogP contribution in [0.2, 0.25) is 0 Å². The minimum Gasteiger partial charge on any atom is -0.295 e. The van der Waals surface area contributed by atoms with Gasteiger partial charge in [0, 0.05) is 5.56 Å². The first-order valence-electron chi connectivity index (χ1n) is 5.77. The third-order valence-electron chi connectivity index (χ3n) is 3.06. The van der Waals surface area contributed by atoms with Gasteiger partial charge in [-0.2, -0.15) is 0 Å². The van der Waals surface area contributed by atoms with Gasteiger partial charge in [0.05, 0.1) is 0 Å². The SMILES string of the molecule is CC(=O)c1ccc(-c2c(C)cccc2C)cc1. The third kappa shape index (κ3) is 2.28. The van der Waals surface area contributed by atoms with Crippen LogP contribution in [0.3, 0.4) is 0 Å². The van der Waals surface area contributed by atoms with E-state index in [-0.39, 0.29) is 5.78 Å². The van der Waals surface area contributed by atoms with Crippen LogP contribution in [-0.4, -0.2) is 5.78 Å². The van der Waals surface area contributed by atoms with Gasteiger partial charge in [-0.05, 0) is 43.0 Å². The van der Waals surface area contributed by atoms with E-state index in [9.17, 15) is 4.79 Å². The second-order valence-electron chi connectivity index (χ2n) is 4.40. The molecule has 2 rings (SSSR count). The summed E-state index contributed by atoms with van der Waals surface area (Å²) in [5.41, 5.74) is 5.73. The predicted molar refractivity (Wildman–Crippen MR) is 71.4 cm³/mol. The second-order valence-corrected chi connectivity index (χ2v) is 4.40. The first-order chi connectivity index (χ1) is 8.09. The Kier molecular flexibility index (Phi) is 3.10. The van der Waals surface area contributed by atoms with Gasteiger partial charge in [0.2, 0.25) is 0 Å². The molecule has 1 nitrogen and oxygen atoms in total. The molecular weight excluding hydrogens is 208 g/mol. The maximum absolute atomic E-state index is 11.2. The third-order valence-corrected chi connectivity index (χ3v) is 3.06. The molecule has 0 amide bonds. The topological polar surface area (TPSA) is 17.1 Å². The average molecular weight is 224 g/mol. The summed E-state index contributed by atoms with van der Waals surface area (Å²) in [6.45, 7) is 5.82. The zero-order valence-corrected chi connectivity index (χ0v) is 10.4. The quantitative estimate of drug-likeness (QED) is 0.699. The van der Waals surface area contributed by atoms with Gasteiger partial charge in [0.15, 0.2) is 5.78 Å². The van der Waals surface area contributed by atoms with Crippen molar-refractivity contribution >= 4 is 5.78 Å².